The van der Waals surface area contributed by atoms with E-state index in [9.17, 15) is 0 Å². The van der Waals surface area contributed by atoms with Crippen LogP contribution in [-0.4, -0.2) is 17.3 Å². The highest BCUT2D eigenvalue weighted by atomic mass is 15.2. The number of rotatable bonds is 2. The molecule has 1 radical (unpaired) electrons. The second-order valence-corrected chi connectivity index (χ2v) is 2.18. The van der Waals surface area contributed by atoms with Gasteiger partial charge >= 0.3 is 0 Å². The second-order valence-electron chi connectivity index (χ2n) is 2.18. The van der Waals surface area contributed by atoms with Gasteiger partial charge in [0.25, 0.3) is 0 Å². The number of likely N-dealkylation sites (N-methyl/N-ethyl adjacent to an activating group) is 1. The van der Waals surface area contributed by atoms with Crippen molar-refractivity contribution in [2.24, 2.45) is 4.99 Å². The molecule has 0 bridgehead atoms. The molecule has 1 aliphatic heterocycles. The first-order chi connectivity index (χ1) is 4.88. The summed E-state index contributed by atoms with van der Waals surface area (Å²) in [4.78, 5) is 6.38. The lowest BCUT2D eigenvalue weighted by Gasteiger charge is -2.23. The molecule has 0 aromatic rings. The van der Waals surface area contributed by atoms with Crippen molar-refractivity contribution in [1.29, 1.82) is 0 Å². The van der Waals surface area contributed by atoms with Gasteiger partial charge in [-0.1, -0.05) is 6.92 Å². The van der Waals surface area contributed by atoms with Crippen LogP contribution in [0, 0.1) is 6.54 Å². The summed E-state index contributed by atoms with van der Waals surface area (Å²) in [6.45, 7) is 7.32. The summed E-state index contributed by atoms with van der Waals surface area (Å²) in [5.41, 5.74) is 0. The molecule has 0 saturated heterocycles. The summed E-state index contributed by atoms with van der Waals surface area (Å²) in [6, 6.07) is 0. The fraction of sp³-hybridized carbons (Fsp3) is 0.500. The van der Waals surface area contributed by atoms with Gasteiger partial charge in [0, 0.05) is 19.2 Å². The standard InChI is InChI=1S/C8H13N2/c1-3-8-9-6-5-7-10(8)4-2/h5-7H,3-4H2,1-2H3. The Bertz CT molecular complexity index is 159. The molecule has 0 saturated carbocycles. The monoisotopic (exact) mass is 137 g/mol. The van der Waals surface area contributed by atoms with E-state index in [-0.39, 0.29) is 0 Å². The third kappa shape index (κ3) is 1.38. The van der Waals surface area contributed by atoms with E-state index in [2.05, 4.69) is 30.3 Å². The Hall–Kier alpha value is -0.790. The SMILES string of the molecule is CCC1=NC=C[CH]N1CC. The highest BCUT2D eigenvalue weighted by molar-refractivity contribution is 5.84. The zero-order valence-electron chi connectivity index (χ0n) is 6.54. The van der Waals surface area contributed by atoms with Crippen molar-refractivity contribution < 1.29 is 0 Å². The zero-order valence-corrected chi connectivity index (χ0v) is 6.54. The fourth-order valence-corrected chi connectivity index (χ4v) is 1.01. The van der Waals surface area contributed by atoms with Crippen LogP contribution in [0.2, 0.25) is 0 Å². The number of hydrogen-bond donors (Lipinski definition) is 0. The Morgan fingerprint density at radius 2 is 2.30 bits per heavy atom. The topological polar surface area (TPSA) is 15.6 Å². The Morgan fingerprint density at radius 3 is 2.80 bits per heavy atom. The second kappa shape index (κ2) is 3.40. The molecule has 10 heavy (non-hydrogen) atoms. The lowest BCUT2D eigenvalue weighted by molar-refractivity contribution is 0.533. The summed E-state index contributed by atoms with van der Waals surface area (Å²) >= 11 is 0. The summed E-state index contributed by atoms with van der Waals surface area (Å²) in [5, 5.41) is 0. The average molecular weight is 137 g/mol. The van der Waals surface area contributed by atoms with Crippen molar-refractivity contribution in [3.8, 4) is 0 Å². The summed E-state index contributed by atoms with van der Waals surface area (Å²) < 4.78 is 0. The maximum Gasteiger partial charge on any atom is 0.104 e. The largest absolute Gasteiger partial charge is 0.351 e. The van der Waals surface area contributed by atoms with E-state index in [4.69, 9.17) is 0 Å². The van der Waals surface area contributed by atoms with Crippen molar-refractivity contribution in [3.63, 3.8) is 0 Å². The molecule has 0 aliphatic carbocycles. The zero-order chi connectivity index (χ0) is 7.40. The number of hydrogen-bond acceptors (Lipinski definition) is 2. The number of nitrogens with zero attached hydrogens (tertiary/aromatic N) is 2. The normalized spacial score (nSPS) is 17.4. The molecule has 2 nitrogen and oxygen atoms in total. The maximum absolute atomic E-state index is 4.23. The van der Waals surface area contributed by atoms with E-state index in [0.29, 0.717) is 0 Å². The first-order valence-corrected chi connectivity index (χ1v) is 3.71. The third-order valence-corrected chi connectivity index (χ3v) is 1.56. The Morgan fingerprint density at radius 1 is 1.50 bits per heavy atom. The van der Waals surface area contributed by atoms with Crippen LogP contribution >= 0.6 is 0 Å². The van der Waals surface area contributed by atoms with Crippen molar-refractivity contribution in [1.82, 2.24) is 4.90 Å². The van der Waals surface area contributed by atoms with E-state index in [1.807, 2.05) is 12.3 Å². The lowest BCUT2D eigenvalue weighted by atomic mass is 10.3. The molecular weight excluding hydrogens is 124 g/mol. The number of aliphatic imine (C=N–C) groups is 1. The smallest absolute Gasteiger partial charge is 0.104 e. The van der Waals surface area contributed by atoms with Crippen molar-refractivity contribution in [3.05, 3.63) is 18.8 Å². The van der Waals surface area contributed by atoms with E-state index >= 15 is 0 Å². The van der Waals surface area contributed by atoms with Gasteiger partial charge in [-0.05, 0) is 13.0 Å². The molecule has 0 spiro atoms. The Balaban J connectivity index is 2.61. The Kier molecular flexibility index (Phi) is 2.49. The van der Waals surface area contributed by atoms with Gasteiger partial charge < -0.3 is 4.90 Å². The molecule has 0 aromatic carbocycles. The minimum atomic E-state index is 1.01. The van der Waals surface area contributed by atoms with Crippen LogP contribution < -0.4 is 0 Å². The predicted octanol–water partition coefficient (Wildman–Crippen LogP) is 1.81. The summed E-state index contributed by atoms with van der Waals surface area (Å²) in [5.74, 6) is 1.16. The lowest BCUT2D eigenvalue weighted by Crippen LogP contribution is -2.28. The summed E-state index contributed by atoms with van der Waals surface area (Å²) in [7, 11) is 0. The molecule has 0 aromatic heterocycles. The molecule has 0 fully saturated rings. The van der Waals surface area contributed by atoms with Crippen LogP contribution in [-0.2, 0) is 0 Å². The van der Waals surface area contributed by atoms with Gasteiger partial charge in [-0.3, -0.25) is 0 Å². The van der Waals surface area contributed by atoms with Crippen molar-refractivity contribution >= 4 is 5.84 Å². The van der Waals surface area contributed by atoms with Crippen LogP contribution in [0.3, 0.4) is 0 Å². The van der Waals surface area contributed by atoms with Crippen LogP contribution in [0.5, 0.6) is 0 Å². The van der Waals surface area contributed by atoms with E-state index < -0.39 is 0 Å². The first kappa shape index (κ1) is 7.32. The molecule has 2 heteroatoms. The van der Waals surface area contributed by atoms with Crippen LogP contribution in [0.25, 0.3) is 0 Å². The van der Waals surface area contributed by atoms with Crippen molar-refractivity contribution in [2.75, 3.05) is 6.54 Å². The predicted molar refractivity (Wildman–Crippen MR) is 43.5 cm³/mol. The van der Waals surface area contributed by atoms with E-state index in [0.717, 1.165) is 18.8 Å². The van der Waals surface area contributed by atoms with Gasteiger partial charge in [-0.2, -0.15) is 0 Å². The fourth-order valence-electron chi connectivity index (χ4n) is 1.01. The molecule has 1 rings (SSSR count). The van der Waals surface area contributed by atoms with Crippen molar-refractivity contribution in [2.45, 2.75) is 20.3 Å². The highest BCUT2D eigenvalue weighted by Crippen LogP contribution is 2.05. The first-order valence-electron chi connectivity index (χ1n) is 3.71. The van der Waals surface area contributed by atoms with Gasteiger partial charge in [-0.25, -0.2) is 4.99 Å². The van der Waals surface area contributed by atoms with Crippen LogP contribution in [0.4, 0.5) is 0 Å². The van der Waals surface area contributed by atoms with Gasteiger partial charge in [0.15, 0.2) is 0 Å². The quantitative estimate of drug-likeness (QED) is 0.566. The van der Waals surface area contributed by atoms with Gasteiger partial charge in [0.1, 0.15) is 5.84 Å². The molecule has 0 N–H and O–H groups in total. The minimum Gasteiger partial charge on any atom is -0.351 e. The maximum atomic E-state index is 4.23. The molecule has 55 valence electrons. The Labute approximate surface area is 62.3 Å². The molecule has 1 aliphatic rings. The van der Waals surface area contributed by atoms with Crippen LogP contribution in [0.15, 0.2) is 17.3 Å². The van der Waals surface area contributed by atoms with Gasteiger partial charge in [0.2, 0.25) is 0 Å². The molecule has 0 atom stereocenters. The average Bonchev–Trinajstić information content (AvgIpc) is 2.04. The highest BCUT2D eigenvalue weighted by Gasteiger charge is 2.07. The van der Waals surface area contributed by atoms with Gasteiger partial charge in [-0.15, -0.1) is 0 Å². The molecular formula is C8H13N2. The summed E-state index contributed by atoms with van der Waals surface area (Å²) in [6.07, 6.45) is 4.81. The molecule has 0 amide bonds. The third-order valence-electron chi connectivity index (χ3n) is 1.56. The minimum absolute atomic E-state index is 1.01. The molecule has 1 heterocycles. The number of amidine groups is 1. The van der Waals surface area contributed by atoms with Crippen LogP contribution in [0.1, 0.15) is 20.3 Å². The van der Waals surface area contributed by atoms with E-state index in [1.54, 1.807) is 0 Å². The van der Waals surface area contributed by atoms with E-state index in [1.165, 1.54) is 0 Å². The van der Waals surface area contributed by atoms with Gasteiger partial charge in [0.05, 0.1) is 6.54 Å². The molecule has 0 unspecified atom stereocenters.